The molecule has 0 N–H and O–H groups in total. The van der Waals surface area contributed by atoms with Crippen molar-refractivity contribution in [3.05, 3.63) is 58.3 Å². The van der Waals surface area contributed by atoms with Crippen molar-refractivity contribution in [1.29, 1.82) is 0 Å². The van der Waals surface area contributed by atoms with Gasteiger partial charge >= 0.3 is 5.97 Å². The molecular weight excluding hydrogens is 356 g/mol. The maximum Gasteiger partial charge on any atom is 0.341 e. The molecule has 0 aliphatic heterocycles. The maximum atomic E-state index is 12.8. The van der Waals surface area contributed by atoms with Crippen molar-refractivity contribution >= 4 is 28.6 Å². The Balaban J connectivity index is 1.95. The lowest BCUT2D eigenvalue weighted by Crippen LogP contribution is -2.25. The average Bonchev–Trinajstić information content (AvgIpc) is 3.14. The minimum atomic E-state index is -0.461. The fourth-order valence-electron chi connectivity index (χ4n) is 2.51. The zero-order valence-electron chi connectivity index (χ0n) is 14.4. The second kappa shape index (κ2) is 8.20. The van der Waals surface area contributed by atoms with Crippen LogP contribution in [0.5, 0.6) is 0 Å². The molecule has 2 heterocycles. The molecule has 26 heavy (non-hydrogen) atoms. The average molecular weight is 374 g/mol. The lowest BCUT2D eigenvalue weighted by Gasteiger charge is -2.12. The van der Waals surface area contributed by atoms with E-state index in [-0.39, 0.29) is 5.56 Å². The van der Waals surface area contributed by atoms with Crippen molar-refractivity contribution in [3.8, 4) is 0 Å². The summed E-state index contributed by atoms with van der Waals surface area (Å²) in [5.41, 5.74) is 0.871. The van der Waals surface area contributed by atoms with E-state index >= 15 is 0 Å². The number of furan rings is 1. The van der Waals surface area contributed by atoms with Gasteiger partial charge in [0.2, 0.25) is 0 Å². The first kappa shape index (κ1) is 18.2. The summed E-state index contributed by atoms with van der Waals surface area (Å²) in [6.07, 6.45) is 1.44. The van der Waals surface area contributed by atoms with E-state index in [1.807, 2.05) is 12.1 Å². The molecule has 136 valence electrons. The second-order valence-electron chi connectivity index (χ2n) is 5.40. The molecule has 0 fully saturated rings. The monoisotopic (exact) mass is 374 g/mol. The number of benzene rings is 1. The molecule has 0 aliphatic carbocycles. The minimum absolute atomic E-state index is 0.122. The van der Waals surface area contributed by atoms with Gasteiger partial charge in [-0.15, -0.1) is 0 Å². The Labute approximate surface area is 153 Å². The molecule has 0 unspecified atom stereocenters. The Morgan fingerprint density at radius 3 is 2.85 bits per heavy atom. The molecule has 8 heteroatoms. The van der Waals surface area contributed by atoms with Crippen LogP contribution in [0.15, 0.2) is 51.0 Å². The van der Waals surface area contributed by atoms with Gasteiger partial charge in [-0.1, -0.05) is 23.9 Å². The molecule has 1 aromatic carbocycles. The number of esters is 1. The molecule has 0 saturated carbocycles. The van der Waals surface area contributed by atoms with Crippen LogP contribution in [0, 0.1) is 0 Å². The lowest BCUT2D eigenvalue weighted by molar-refractivity contribution is 0.0598. The summed E-state index contributed by atoms with van der Waals surface area (Å²) in [6.45, 7) is 0.777. The highest BCUT2D eigenvalue weighted by atomic mass is 32.2. The number of fused-ring (bicyclic) bond motifs is 1. The molecule has 0 radical (unpaired) electrons. The molecule has 0 saturated heterocycles. The van der Waals surface area contributed by atoms with Crippen LogP contribution >= 0.6 is 11.8 Å². The molecule has 3 aromatic rings. The van der Waals surface area contributed by atoms with Crippen LogP contribution in [0.2, 0.25) is 0 Å². The number of thioether (sulfide) groups is 1. The quantitative estimate of drug-likeness (QED) is 0.357. The lowest BCUT2D eigenvalue weighted by atomic mass is 10.2. The van der Waals surface area contributed by atoms with Crippen molar-refractivity contribution in [1.82, 2.24) is 9.55 Å². The predicted molar refractivity (Wildman–Crippen MR) is 97.5 cm³/mol. The van der Waals surface area contributed by atoms with Crippen molar-refractivity contribution in [2.45, 2.75) is 17.5 Å². The van der Waals surface area contributed by atoms with Crippen LogP contribution in [0.3, 0.4) is 0 Å². The van der Waals surface area contributed by atoms with E-state index in [9.17, 15) is 9.59 Å². The third-order valence-electron chi connectivity index (χ3n) is 3.83. The van der Waals surface area contributed by atoms with Gasteiger partial charge in [-0.2, -0.15) is 0 Å². The highest BCUT2D eigenvalue weighted by molar-refractivity contribution is 7.98. The normalized spacial score (nSPS) is 11.0. The smallest absolute Gasteiger partial charge is 0.341 e. The SMILES string of the molecule is COCCn1c(SCc2occc2C(=O)OC)nc2ccccc2c1=O. The number of ether oxygens (including phenoxy) is 2. The second-order valence-corrected chi connectivity index (χ2v) is 6.34. The minimum Gasteiger partial charge on any atom is -0.468 e. The number of rotatable bonds is 7. The Bertz CT molecular complexity index is 979. The van der Waals surface area contributed by atoms with Gasteiger partial charge in [0.15, 0.2) is 5.16 Å². The summed E-state index contributed by atoms with van der Waals surface area (Å²) in [5, 5.41) is 1.10. The van der Waals surface area contributed by atoms with Crippen LogP contribution in [-0.4, -0.2) is 36.3 Å². The highest BCUT2D eigenvalue weighted by Crippen LogP contribution is 2.25. The summed E-state index contributed by atoms with van der Waals surface area (Å²) < 4.78 is 16.8. The number of para-hydroxylation sites is 1. The molecule has 0 spiro atoms. The molecular formula is C18H18N2O5S. The molecule has 2 aromatic heterocycles. The fraction of sp³-hybridized carbons (Fsp3) is 0.278. The third-order valence-corrected chi connectivity index (χ3v) is 4.81. The summed E-state index contributed by atoms with van der Waals surface area (Å²) in [7, 11) is 2.90. The van der Waals surface area contributed by atoms with Crippen LogP contribution in [-0.2, 0) is 21.8 Å². The van der Waals surface area contributed by atoms with Crippen LogP contribution in [0.25, 0.3) is 10.9 Å². The third kappa shape index (κ3) is 3.66. The number of hydrogen-bond acceptors (Lipinski definition) is 7. The van der Waals surface area contributed by atoms with Gasteiger partial charge in [0.05, 0.1) is 43.2 Å². The summed E-state index contributed by atoms with van der Waals surface area (Å²) in [5.74, 6) is 0.356. The van der Waals surface area contributed by atoms with Gasteiger partial charge in [-0.05, 0) is 18.2 Å². The van der Waals surface area contributed by atoms with E-state index < -0.39 is 5.97 Å². The van der Waals surface area contributed by atoms with E-state index in [0.29, 0.717) is 46.3 Å². The van der Waals surface area contributed by atoms with E-state index in [2.05, 4.69) is 4.98 Å². The zero-order chi connectivity index (χ0) is 18.5. The van der Waals surface area contributed by atoms with Crippen LogP contribution in [0.4, 0.5) is 0 Å². The number of nitrogens with zero attached hydrogens (tertiary/aromatic N) is 2. The molecule has 3 rings (SSSR count). The topological polar surface area (TPSA) is 83.6 Å². The molecule has 0 atom stereocenters. The van der Waals surface area contributed by atoms with E-state index in [4.69, 9.17) is 13.9 Å². The van der Waals surface area contributed by atoms with Gasteiger partial charge in [0, 0.05) is 7.11 Å². The van der Waals surface area contributed by atoms with Gasteiger partial charge in [-0.25, -0.2) is 9.78 Å². The standard InChI is InChI=1S/C18H18N2O5S/c1-23-10-8-20-16(21)12-5-3-4-6-14(12)19-18(20)26-11-15-13(7-9-25-15)17(22)24-2/h3-7,9H,8,10-11H2,1-2H3. The summed E-state index contributed by atoms with van der Waals surface area (Å²) in [4.78, 5) is 29.2. The number of carbonyl (C=O) groups is 1. The molecule has 0 bridgehead atoms. The van der Waals surface area contributed by atoms with Crippen molar-refractivity contribution < 1.29 is 18.7 Å². The maximum absolute atomic E-state index is 12.8. The summed E-state index contributed by atoms with van der Waals surface area (Å²) >= 11 is 1.32. The fourth-order valence-corrected chi connectivity index (χ4v) is 3.49. The largest absolute Gasteiger partial charge is 0.468 e. The van der Waals surface area contributed by atoms with Gasteiger partial charge < -0.3 is 13.9 Å². The van der Waals surface area contributed by atoms with E-state index in [0.717, 1.165) is 0 Å². The van der Waals surface area contributed by atoms with Crippen molar-refractivity contribution in [2.24, 2.45) is 0 Å². The highest BCUT2D eigenvalue weighted by Gasteiger charge is 2.17. The van der Waals surface area contributed by atoms with Crippen molar-refractivity contribution in [3.63, 3.8) is 0 Å². The number of hydrogen-bond donors (Lipinski definition) is 0. The van der Waals surface area contributed by atoms with Gasteiger partial charge in [0.1, 0.15) is 11.3 Å². The Kier molecular flexibility index (Phi) is 5.75. The predicted octanol–water partition coefficient (Wildman–Crippen LogP) is 2.71. The van der Waals surface area contributed by atoms with E-state index in [1.54, 1.807) is 29.9 Å². The Morgan fingerprint density at radius 1 is 1.27 bits per heavy atom. The molecule has 0 aliphatic rings. The molecule has 7 nitrogen and oxygen atoms in total. The number of carbonyl (C=O) groups excluding carboxylic acids is 1. The number of aromatic nitrogens is 2. The first-order chi connectivity index (χ1) is 12.7. The van der Waals surface area contributed by atoms with Gasteiger partial charge in [-0.3, -0.25) is 9.36 Å². The Morgan fingerprint density at radius 2 is 2.08 bits per heavy atom. The zero-order valence-corrected chi connectivity index (χ0v) is 15.2. The van der Waals surface area contributed by atoms with Crippen LogP contribution in [0.1, 0.15) is 16.1 Å². The first-order valence-corrected chi connectivity index (χ1v) is 8.90. The number of methoxy groups -OCH3 is 2. The van der Waals surface area contributed by atoms with Crippen molar-refractivity contribution in [2.75, 3.05) is 20.8 Å². The summed E-state index contributed by atoms with van der Waals surface area (Å²) in [6, 6.07) is 8.76. The first-order valence-electron chi connectivity index (χ1n) is 7.91. The Hall–Kier alpha value is -2.58. The van der Waals surface area contributed by atoms with Gasteiger partial charge in [0.25, 0.3) is 5.56 Å². The van der Waals surface area contributed by atoms with Crippen LogP contribution < -0.4 is 5.56 Å². The molecule has 0 amide bonds. The van der Waals surface area contributed by atoms with E-state index in [1.165, 1.54) is 25.1 Å².